The molecule has 31 heavy (non-hydrogen) atoms. The first kappa shape index (κ1) is 19.6. The first-order chi connectivity index (χ1) is 15.2. The van der Waals surface area contributed by atoms with Crippen LogP contribution in [0.1, 0.15) is 43.2 Å². The van der Waals surface area contributed by atoms with E-state index >= 15 is 0 Å². The van der Waals surface area contributed by atoms with Crippen LogP contribution in [-0.2, 0) is 16.8 Å². The summed E-state index contributed by atoms with van der Waals surface area (Å²) in [5.41, 5.74) is 1.49. The molecule has 0 spiro atoms. The first-order valence-electron chi connectivity index (χ1n) is 10.6. The van der Waals surface area contributed by atoms with Crippen molar-refractivity contribution in [2.75, 3.05) is 6.79 Å². The Morgan fingerprint density at radius 3 is 2.71 bits per heavy atom. The summed E-state index contributed by atoms with van der Waals surface area (Å²) in [5, 5.41) is 3.06. The van der Waals surface area contributed by atoms with Crippen molar-refractivity contribution in [2.24, 2.45) is 0 Å². The van der Waals surface area contributed by atoms with Crippen molar-refractivity contribution in [3.05, 3.63) is 72.1 Å². The molecule has 2 heterocycles. The van der Waals surface area contributed by atoms with Crippen LogP contribution in [0.4, 0.5) is 4.39 Å². The quantitative estimate of drug-likeness (QED) is 0.669. The van der Waals surface area contributed by atoms with E-state index in [1.807, 2.05) is 24.3 Å². The van der Waals surface area contributed by atoms with Gasteiger partial charge >= 0.3 is 0 Å². The molecule has 0 atom stereocenters. The van der Waals surface area contributed by atoms with Crippen LogP contribution in [0.2, 0.25) is 0 Å². The van der Waals surface area contributed by atoms with E-state index in [0.717, 1.165) is 37.7 Å². The number of nitrogens with one attached hydrogen (secondary N) is 1. The minimum atomic E-state index is -0.603. The summed E-state index contributed by atoms with van der Waals surface area (Å²) in [6.45, 7) is 0.477. The molecule has 1 aromatic heterocycles. The minimum Gasteiger partial charge on any atom is -0.454 e. The molecule has 0 saturated heterocycles. The largest absolute Gasteiger partial charge is 0.454 e. The zero-order valence-electron chi connectivity index (χ0n) is 17.1. The average molecular weight is 421 g/mol. The van der Waals surface area contributed by atoms with Gasteiger partial charge in [0.25, 0.3) is 0 Å². The maximum Gasteiger partial charge on any atom is 0.231 e. The van der Waals surface area contributed by atoms with Crippen LogP contribution in [0.25, 0.3) is 5.69 Å². The SMILES string of the molecule is O=C(NCc1ccc(-n2ccnc2)c(F)c1)C1(c2ccc3c(c2)OCO3)CCCCC1. The van der Waals surface area contributed by atoms with Gasteiger partial charge in [0.15, 0.2) is 11.5 Å². The maximum atomic E-state index is 14.6. The molecule has 0 unspecified atom stereocenters. The number of fused-ring (bicyclic) bond motifs is 1. The van der Waals surface area contributed by atoms with E-state index in [4.69, 9.17) is 9.47 Å². The Labute approximate surface area is 180 Å². The first-order valence-corrected chi connectivity index (χ1v) is 10.6. The number of benzene rings is 2. The number of carbonyl (C=O) groups excluding carboxylic acids is 1. The van der Waals surface area contributed by atoms with Gasteiger partial charge in [0.05, 0.1) is 17.4 Å². The highest BCUT2D eigenvalue weighted by molar-refractivity contribution is 5.88. The molecule has 1 aliphatic carbocycles. The highest BCUT2D eigenvalue weighted by Gasteiger charge is 2.41. The van der Waals surface area contributed by atoms with E-state index in [2.05, 4.69) is 10.3 Å². The zero-order chi connectivity index (χ0) is 21.3. The summed E-state index contributed by atoms with van der Waals surface area (Å²) in [5.74, 6) is 1.02. The monoisotopic (exact) mass is 421 g/mol. The molecule has 1 aliphatic heterocycles. The van der Waals surface area contributed by atoms with Crippen LogP contribution >= 0.6 is 0 Å². The van der Waals surface area contributed by atoms with Gasteiger partial charge in [-0.2, -0.15) is 0 Å². The molecule has 5 rings (SSSR count). The lowest BCUT2D eigenvalue weighted by atomic mass is 9.68. The van der Waals surface area contributed by atoms with Gasteiger partial charge < -0.3 is 19.4 Å². The Bertz CT molecular complexity index is 1090. The third-order valence-electron chi connectivity index (χ3n) is 6.31. The van der Waals surface area contributed by atoms with Crippen molar-refractivity contribution >= 4 is 5.91 Å². The number of carbonyl (C=O) groups is 1. The predicted octanol–water partition coefficient (Wildman–Crippen LogP) is 4.26. The number of ether oxygens (including phenoxy) is 2. The molecule has 6 nitrogen and oxygen atoms in total. The second-order valence-corrected chi connectivity index (χ2v) is 8.15. The standard InChI is InChI=1S/C24H24FN3O3/c25-19-12-17(4-6-20(19)28-11-10-26-15-28)14-27-23(29)24(8-2-1-3-9-24)18-5-7-21-22(13-18)31-16-30-21/h4-7,10-13,15H,1-3,8-9,14,16H2,(H,27,29). The fourth-order valence-electron chi connectivity index (χ4n) is 4.62. The van der Waals surface area contributed by atoms with Crippen LogP contribution in [0, 0.1) is 5.82 Å². The summed E-state index contributed by atoms with van der Waals surface area (Å²) < 4.78 is 27.2. The molecule has 0 bridgehead atoms. The Kier molecular flexibility index (Phi) is 5.10. The van der Waals surface area contributed by atoms with Gasteiger partial charge in [-0.25, -0.2) is 9.37 Å². The summed E-state index contributed by atoms with van der Waals surface area (Å²) >= 11 is 0. The summed E-state index contributed by atoms with van der Waals surface area (Å²) in [6.07, 6.45) is 9.54. The van der Waals surface area contributed by atoms with Gasteiger partial charge in [-0.3, -0.25) is 4.79 Å². The Balaban J connectivity index is 1.35. The number of hydrogen-bond donors (Lipinski definition) is 1. The fraction of sp³-hybridized carbons (Fsp3) is 0.333. The van der Waals surface area contributed by atoms with E-state index < -0.39 is 5.41 Å². The van der Waals surface area contributed by atoms with Gasteiger partial charge in [-0.15, -0.1) is 0 Å². The second-order valence-electron chi connectivity index (χ2n) is 8.15. The third kappa shape index (κ3) is 3.65. The summed E-state index contributed by atoms with van der Waals surface area (Å²) in [4.78, 5) is 17.4. The third-order valence-corrected chi connectivity index (χ3v) is 6.31. The van der Waals surface area contributed by atoms with Crippen LogP contribution in [0.5, 0.6) is 11.5 Å². The lowest BCUT2D eigenvalue weighted by molar-refractivity contribution is -0.128. The van der Waals surface area contributed by atoms with Crippen LogP contribution in [0.3, 0.4) is 0 Å². The number of aromatic nitrogens is 2. The number of hydrogen-bond acceptors (Lipinski definition) is 4. The van der Waals surface area contributed by atoms with Crippen molar-refractivity contribution in [3.63, 3.8) is 0 Å². The molecule has 1 amide bonds. The van der Waals surface area contributed by atoms with Crippen molar-refractivity contribution in [3.8, 4) is 17.2 Å². The summed E-state index contributed by atoms with van der Waals surface area (Å²) in [7, 11) is 0. The Morgan fingerprint density at radius 2 is 1.94 bits per heavy atom. The molecule has 2 aromatic carbocycles. The normalized spacial score (nSPS) is 16.8. The lowest BCUT2D eigenvalue weighted by Gasteiger charge is -2.36. The molecule has 1 N–H and O–H groups in total. The van der Waals surface area contributed by atoms with E-state index in [9.17, 15) is 9.18 Å². The molecular weight excluding hydrogens is 397 g/mol. The minimum absolute atomic E-state index is 0.0230. The highest BCUT2D eigenvalue weighted by atomic mass is 19.1. The highest BCUT2D eigenvalue weighted by Crippen LogP contribution is 2.43. The number of nitrogens with zero attached hydrogens (tertiary/aromatic N) is 2. The molecule has 7 heteroatoms. The molecule has 0 radical (unpaired) electrons. The van der Waals surface area contributed by atoms with Crippen molar-refractivity contribution in [2.45, 2.75) is 44.1 Å². The van der Waals surface area contributed by atoms with Gasteiger partial charge in [0, 0.05) is 18.9 Å². The fourth-order valence-corrected chi connectivity index (χ4v) is 4.62. The number of amides is 1. The Hall–Kier alpha value is -3.35. The maximum absolute atomic E-state index is 14.6. The van der Waals surface area contributed by atoms with Crippen LogP contribution in [-0.4, -0.2) is 22.3 Å². The van der Waals surface area contributed by atoms with E-state index in [1.54, 1.807) is 29.4 Å². The van der Waals surface area contributed by atoms with Gasteiger partial charge in [0.1, 0.15) is 5.82 Å². The van der Waals surface area contributed by atoms with Crippen molar-refractivity contribution in [1.82, 2.24) is 14.9 Å². The topological polar surface area (TPSA) is 65.4 Å². The number of rotatable bonds is 5. The summed E-state index contributed by atoms with van der Waals surface area (Å²) in [6, 6.07) is 10.8. The van der Waals surface area contributed by atoms with Gasteiger partial charge in [0.2, 0.25) is 12.7 Å². The number of halogens is 1. The second kappa shape index (κ2) is 8.06. The lowest BCUT2D eigenvalue weighted by Crippen LogP contribution is -2.45. The van der Waals surface area contributed by atoms with E-state index in [1.165, 1.54) is 6.07 Å². The molecule has 3 aromatic rings. The van der Waals surface area contributed by atoms with E-state index in [-0.39, 0.29) is 25.1 Å². The molecule has 1 saturated carbocycles. The predicted molar refractivity (Wildman–Crippen MR) is 113 cm³/mol. The van der Waals surface area contributed by atoms with Crippen molar-refractivity contribution < 1.29 is 18.7 Å². The molecule has 160 valence electrons. The van der Waals surface area contributed by atoms with Gasteiger partial charge in [-0.1, -0.05) is 31.4 Å². The van der Waals surface area contributed by atoms with Crippen LogP contribution in [0.15, 0.2) is 55.1 Å². The zero-order valence-corrected chi connectivity index (χ0v) is 17.1. The number of imidazole rings is 1. The van der Waals surface area contributed by atoms with Gasteiger partial charge in [-0.05, 0) is 48.2 Å². The average Bonchev–Trinajstić information content (AvgIpc) is 3.49. The van der Waals surface area contributed by atoms with E-state index in [0.29, 0.717) is 22.7 Å². The molecule has 1 fully saturated rings. The van der Waals surface area contributed by atoms with Crippen LogP contribution < -0.4 is 14.8 Å². The molecular formula is C24H24FN3O3. The van der Waals surface area contributed by atoms with Crippen molar-refractivity contribution in [1.29, 1.82) is 0 Å². The Morgan fingerprint density at radius 1 is 1.10 bits per heavy atom. The smallest absolute Gasteiger partial charge is 0.231 e. The molecule has 2 aliphatic rings.